The third-order valence-corrected chi connectivity index (χ3v) is 5.55. The predicted octanol–water partition coefficient (Wildman–Crippen LogP) is 2.99. The number of aliphatic hydroxyl groups is 1. The van der Waals surface area contributed by atoms with Gasteiger partial charge in [0, 0.05) is 30.0 Å². The fourth-order valence-corrected chi connectivity index (χ4v) is 3.79. The standard InChI is InChI=1S/C26H26FNO7/c27-21-7-3-1-5-17(21)15-28-26(31)23-13-18(14-24(35-23)33-12-11-32-10-9-29)20-16-34-22-8-4-2-6-19(22)25(20)30/h1-8,13,16,18,24,29H,9-12,14-15H2,(H,28,31)/t18-,24+/m1/s1. The van der Waals surface area contributed by atoms with E-state index in [1.165, 1.54) is 12.3 Å². The van der Waals surface area contributed by atoms with Gasteiger partial charge < -0.3 is 29.1 Å². The van der Waals surface area contributed by atoms with Gasteiger partial charge in [-0.15, -0.1) is 0 Å². The zero-order chi connectivity index (χ0) is 24.6. The summed E-state index contributed by atoms with van der Waals surface area (Å²) in [4.78, 5) is 26.0. The van der Waals surface area contributed by atoms with Crippen LogP contribution in [0.4, 0.5) is 4.39 Å². The highest BCUT2D eigenvalue weighted by molar-refractivity contribution is 5.91. The van der Waals surface area contributed by atoms with E-state index in [0.29, 0.717) is 22.1 Å². The van der Waals surface area contributed by atoms with E-state index >= 15 is 0 Å². The molecule has 0 saturated carbocycles. The van der Waals surface area contributed by atoms with Gasteiger partial charge in [0.15, 0.2) is 11.2 Å². The highest BCUT2D eigenvalue weighted by Gasteiger charge is 2.30. The molecule has 1 amide bonds. The molecule has 8 nitrogen and oxygen atoms in total. The number of halogens is 1. The van der Waals surface area contributed by atoms with Gasteiger partial charge in [0.2, 0.25) is 6.29 Å². The summed E-state index contributed by atoms with van der Waals surface area (Å²) >= 11 is 0. The van der Waals surface area contributed by atoms with E-state index in [-0.39, 0.29) is 50.6 Å². The average molecular weight is 483 g/mol. The quantitative estimate of drug-likeness (QED) is 0.427. The van der Waals surface area contributed by atoms with Crippen LogP contribution in [-0.4, -0.2) is 43.7 Å². The molecule has 2 heterocycles. The molecule has 3 aromatic rings. The van der Waals surface area contributed by atoms with Gasteiger partial charge in [-0.2, -0.15) is 0 Å². The van der Waals surface area contributed by atoms with Gasteiger partial charge in [0.25, 0.3) is 5.91 Å². The molecule has 0 bridgehead atoms. The Labute approximate surface area is 200 Å². The van der Waals surface area contributed by atoms with Gasteiger partial charge in [0.1, 0.15) is 11.4 Å². The van der Waals surface area contributed by atoms with Crippen LogP contribution >= 0.6 is 0 Å². The largest absolute Gasteiger partial charge is 0.464 e. The number of ether oxygens (including phenoxy) is 3. The van der Waals surface area contributed by atoms with E-state index in [1.807, 2.05) is 0 Å². The van der Waals surface area contributed by atoms with Crippen LogP contribution in [0.5, 0.6) is 0 Å². The lowest BCUT2D eigenvalue weighted by Gasteiger charge is -2.29. The van der Waals surface area contributed by atoms with Gasteiger partial charge in [0.05, 0.1) is 38.1 Å². The second-order valence-corrected chi connectivity index (χ2v) is 7.92. The van der Waals surface area contributed by atoms with Crippen molar-refractivity contribution in [3.05, 3.63) is 93.8 Å². The number of hydrogen-bond acceptors (Lipinski definition) is 7. The first-order valence-electron chi connectivity index (χ1n) is 11.3. The molecule has 1 aromatic heterocycles. The van der Waals surface area contributed by atoms with Crippen molar-refractivity contribution in [2.24, 2.45) is 0 Å². The van der Waals surface area contributed by atoms with E-state index in [4.69, 9.17) is 23.7 Å². The predicted molar refractivity (Wildman–Crippen MR) is 125 cm³/mol. The van der Waals surface area contributed by atoms with Crippen LogP contribution in [0.25, 0.3) is 11.0 Å². The topological polar surface area (TPSA) is 107 Å². The highest BCUT2D eigenvalue weighted by Crippen LogP contribution is 2.31. The third kappa shape index (κ3) is 6.13. The number of carbonyl (C=O) groups is 1. The Bertz CT molecular complexity index is 1260. The van der Waals surface area contributed by atoms with Crippen LogP contribution in [0.1, 0.15) is 23.5 Å². The summed E-state index contributed by atoms with van der Waals surface area (Å²) in [6.45, 7) is 0.430. The van der Waals surface area contributed by atoms with Gasteiger partial charge >= 0.3 is 0 Å². The van der Waals surface area contributed by atoms with Crippen molar-refractivity contribution in [3.63, 3.8) is 0 Å². The Morgan fingerprint density at radius 2 is 1.91 bits per heavy atom. The maximum atomic E-state index is 13.9. The minimum atomic E-state index is -0.831. The summed E-state index contributed by atoms with van der Waals surface area (Å²) in [5.41, 5.74) is 0.967. The molecule has 0 spiro atoms. The Hall–Kier alpha value is -3.53. The number of allylic oxidation sites excluding steroid dienone is 1. The normalized spacial score (nSPS) is 17.6. The monoisotopic (exact) mass is 483 g/mol. The maximum Gasteiger partial charge on any atom is 0.286 e. The summed E-state index contributed by atoms with van der Waals surface area (Å²) in [6, 6.07) is 13.1. The summed E-state index contributed by atoms with van der Waals surface area (Å²) in [7, 11) is 0. The lowest BCUT2D eigenvalue weighted by atomic mass is 9.93. The van der Waals surface area contributed by atoms with E-state index in [0.717, 1.165) is 0 Å². The van der Waals surface area contributed by atoms with Gasteiger partial charge in [-0.1, -0.05) is 30.3 Å². The minimum Gasteiger partial charge on any atom is -0.464 e. The van der Waals surface area contributed by atoms with E-state index in [9.17, 15) is 14.0 Å². The van der Waals surface area contributed by atoms with Crippen LogP contribution in [0.15, 0.2) is 75.8 Å². The number of amides is 1. The van der Waals surface area contributed by atoms with E-state index in [2.05, 4.69) is 5.32 Å². The summed E-state index contributed by atoms with van der Waals surface area (Å²) in [5.74, 6) is -1.54. The Morgan fingerprint density at radius 1 is 1.11 bits per heavy atom. The molecule has 2 aromatic carbocycles. The van der Waals surface area contributed by atoms with E-state index in [1.54, 1.807) is 48.5 Å². The molecule has 2 atom stereocenters. The third-order valence-electron chi connectivity index (χ3n) is 5.55. The summed E-state index contributed by atoms with van der Waals surface area (Å²) < 4.78 is 36.3. The Kier molecular flexibility index (Phi) is 8.25. The maximum absolute atomic E-state index is 13.9. The van der Waals surface area contributed by atoms with Crippen LogP contribution in [0.2, 0.25) is 0 Å². The number of rotatable bonds is 10. The molecule has 184 valence electrons. The number of fused-ring (bicyclic) bond motifs is 1. The number of carbonyl (C=O) groups excluding carboxylic acids is 1. The molecule has 0 aliphatic carbocycles. The zero-order valence-electron chi connectivity index (χ0n) is 18.9. The summed E-state index contributed by atoms with van der Waals surface area (Å²) in [6.07, 6.45) is 2.39. The molecule has 9 heteroatoms. The fourth-order valence-electron chi connectivity index (χ4n) is 3.79. The van der Waals surface area contributed by atoms with E-state index < -0.39 is 23.9 Å². The smallest absolute Gasteiger partial charge is 0.286 e. The van der Waals surface area contributed by atoms with Crippen molar-refractivity contribution in [2.75, 3.05) is 26.4 Å². The van der Waals surface area contributed by atoms with Crippen LogP contribution < -0.4 is 10.7 Å². The number of nitrogens with one attached hydrogen (secondary N) is 1. The molecule has 4 rings (SSSR count). The second-order valence-electron chi connectivity index (χ2n) is 7.92. The van der Waals surface area contributed by atoms with Crippen molar-refractivity contribution < 1.29 is 32.9 Å². The van der Waals surface area contributed by atoms with Crippen molar-refractivity contribution in [1.29, 1.82) is 0 Å². The first-order valence-corrected chi connectivity index (χ1v) is 11.3. The summed E-state index contributed by atoms with van der Waals surface area (Å²) in [5, 5.41) is 11.9. The molecule has 0 saturated heterocycles. The second kappa shape index (κ2) is 11.7. The van der Waals surface area contributed by atoms with Crippen LogP contribution in [0.3, 0.4) is 0 Å². The van der Waals surface area contributed by atoms with Crippen LogP contribution in [-0.2, 0) is 25.5 Å². The van der Waals surface area contributed by atoms with Gasteiger partial charge in [-0.05, 0) is 24.3 Å². The molecule has 0 unspecified atom stereocenters. The first kappa shape index (κ1) is 24.6. The van der Waals surface area contributed by atoms with Crippen molar-refractivity contribution in [2.45, 2.75) is 25.2 Å². The molecule has 0 fully saturated rings. The molecule has 0 radical (unpaired) electrons. The number of hydrogen-bond donors (Lipinski definition) is 2. The lowest BCUT2D eigenvalue weighted by Crippen LogP contribution is -2.34. The average Bonchev–Trinajstić information content (AvgIpc) is 2.88. The van der Waals surface area contributed by atoms with Crippen molar-refractivity contribution >= 4 is 16.9 Å². The highest BCUT2D eigenvalue weighted by atomic mass is 19.1. The fraction of sp³-hybridized carbons (Fsp3) is 0.308. The molecule has 2 N–H and O–H groups in total. The molecule has 1 aliphatic rings. The minimum absolute atomic E-state index is 0.0322. The lowest BCUT2D eigenvalue weighted by molar-refractivity contribution is -0.151. The van der Waals surface area contributed by atoms with Crippen molar-refractivity contribution in [3.8, 4) is 0 Å². The molecular weight excluding hydrogens is 457 g/mol. The van der Waals surface area contributed by atoms with Crippen LogP contribution in [0, 0.1) is 5.82 Å². The number of aliphatic hydroxyl groups excluding tert-OH is 1. The number of benzene rings is 2. The Balaban J connectivity index is 1.55. The van der Waals surface area contributed by atoms with Crippen molar-refractivity contribution in [1.82, 2.24) is 5.32 Å². The molecular formula is C26H26FNO7. The SMILES string of the molecule is O=C(NCc1ccccc1F)C1=C[C@@H](c2coc3ccccc3c2=O)C[C@@H](OCCOCCO)O1. The van der Waals surface area contributed by atoms with Gasteiger partial charge in [-0.3, -0.25) is 9.59 Å². The number of para-hydroxylation sites is 1. The molecule has 35 heavy (non-hydrogen) atoms. The van der Waals surface area contributed by atoms with Gasteiger partial charge in [-0.25, -0.2) is 4.39 Å². The Morgan fingerprint density at radius 3 is 2.74 bits per heavy atom. The molecule has 1 aliphatic heterocycles. The first-order chi connectivity index (χ1) is 17.1. The zero-order valence-corrected chi connectivity index (χ0v) is 18.9.